The van der Waals surface area contributed by atoms with Crippen molar-refractivity contribution in [2.75, 3.05) is 6.61 Å². The molecule has 34 heavy (non-hydrogen) atoms. The van der Waals surface area contributed by atoms with Crippen molar-refractivity contribution in [3.05, 3.63) is 41.5 Å². The Morgan fingerprint density at radius 1 is 1.29 bits per heavy atom. The summed E-state index contributed by atoms with van der Waals surface area (Å²) >= 11 is 0. The number of benzene rings is 2. The van der Waals surface area contributed by atoms with Gasteiger partial charge >= 0.3 is 13.8 Å². The van der Waals surface area contributed by atoms with E-state index < -0.39 is 23.6 Å². The normalized spacial score (nSPS) is 14.4. The van der Waals surface area contributed by atoms with Gasteiger partial charge < -0.3 is 29.3 Å². The van der Waals surface area contributed by atoms with Crippen LogP contribution in [-0.2, 0) is 11.3 Å². The Bertz CT molecular complexity index is 1100. The Balaban J connectivity index is 1.75. The molecule has 0 spiro atoms. The molecule has 0 saturated carbocycles. The number of ether oxygens (including phenoxy) is 3. The number of halogens is 3. The first-order valence-electron chi connectivity index (χ1n) is 10.1. The van der Waals surface area contributed by atoms with Crippen molar-refractivity contribution in [1.82, 2.24) is 5.32 Å². The maximum Gasteiger partial charge on any atom is 0.573 e. The lowest BCUT2D eigenvalue weighted by molar-refractivity contribution is -0.274. The van der Waals surface area contributed by atoms with Gasteiger partial charge in [0.15, 0.2) is 17.0 Å². The number of nitriles is 1. The quantitative estimate of drug-likeness (QED) is 0.563. The number of carbonyl (C=O) groups is 1. The van der Waals surface area contributed by atoms with Gasteiger partial charge in [0.2, 0.25) is 5.75 Å². The summed E-state index contributed by atoms with van der Waals surface area (Å²) in [5.74, 6) is -1.20. The Hall–Kier alpha value is -3.59. The van der Waals surface area contributed by atoms with Gasteiger partial charge in [-0.15, -0.1) is 13.2 Å². The summed E-state index contributed by atoms with van der Waals surface area (Å²) in [7, 11) is 1.48. The molecule has 1 aliphatic rings. The molecular formula is C22H21BF3N2O6. The first-order chi connectivity index (χ1) is 15.9. The average molecular weight is 477 g/mol. The summed E-state index contributed by atoms with van der Waals surface area (Å²) in [6, 6.07) is 7.64. The summed E-state index contributed by atoms with van der Waals surface area (Å²) < 4.78 is 57.5. The molecule has 8 nitrogen and oxygen atoms in total. The summed E-state index contributed by atoms with van der Waals surface area (Å²) in [5, 5.41) is 22.6. The van der Waals surface area contributed by atoms with Crippen molar-refractivity contribution in [2.24, 2.45) is 0 Å². The third-order valence-electron chi connectivity index (χ3n) is 4.63. The summed E-state index contributed by atoms with van der Waals surface area (Å²) in [5.41, 5.74) is -0.244. The zero-order chi connectivity index (χ0) is 25.1. The number of fused-ring (bicyclic) bond motifs is 1. The maximum atomic E-state index is 12.6. The van der Waals surface area contributed by atoms with E-state index in [0.717, 1.165) is 24.3 Å². The SMILES string of the molecule is CC(C)Oc1c2c(cc(O)c1OCC(C)(C#N)NC(=O)c1ccc(OC(F)(F)F)cc1)CO[B]2. The molecule has 0 fully saturated rings. The zero-order valence-electron chi connectivity index (χ0n) is 18.5. The standard InChI is InChI=1S/C22H21BF3N2O6/c1-12(2)33-19-17-14(9-32-23-17)8-16(29)18(19)31-11-21(3,10-27)28-20(30)13-4-6-15(7-5-13)34-22(24,25)26/h4-8,12,29H,9,11H2,1-3H3,(H,28,30). The molecule has 1 atom stereocenters. The van der Waals surface area contributed by atoms with E-state index in [-0.39, 0.29) is 42.1 Å². The molecule has 0 aromatic heterocycles. The number of hydrogen-bond donors (Lipinski definition) is 2. The Morgan fingerprint density at radius 3 is 2.56 bits per heavy atom. The number of rotatable bonds is 8. The summed E-state index contributed by atoms with van der Waals surface area (Å²) in [6.07, 6.45) is -5.11. The van der Waals surface area contributed by atoms with E-state index in [1.165, 1.54) is 20.5 Å². The molecule has 1 radical (unpaired) electrons. The molecular weight excluding hydrogens is 456 g/mol. The van der Waals surface area contributed by atoms with Crippen LogP contribution in [0.25, 0.3) is 0 Å². The highest BCUT2D eigenvalue weighted by Crippen LogP contribution is 2.39. The number of carbonyl (C=O) groups excluding carboxylic acids is 1. The highest BCUT2D eigenvalue weighted by Gasteiger charge is 2.33. The van der Waals surface area contributed by atoms with Gasteiger partial charge in [0.1, 0.15) is 12.4 Å². The van der Waals surface area contributed by atoms with Crippen LogP contribution in [-0.4, -0.2) is 43.1 Å². The van der Waals surface area contributed by atoms with Crippen molar-refractivity contribution >= 4 is 18.9 Å². The van der Waals surface area contributed by atoms with Crippen molar-refractivity contribution in [2.45, 2.75) is 45.4 Å². The molecule has 2 aromatic carbocycles. The smallest absolute Gasteiger partial charge is 0.504 e. The minimum atomic E-state index is -4.86. The van der Waals surface area contributed by atoms with E-state index in [9.17, 15) is 28.3 Å². The molecule has 0 saturated heterocycles. The number of phenolic OH excluding ortho intramolecular Hbond substituents is 1. The first-order valence-corrected chi connectivity index (χ1v) is 10.1. The average Bonchev–Trinajstić information content (AvgIpc) is 3.20. The minimum absolute atomic E-state index is 0.00644. The van der Waals surface area contributed by atoms with Gasteiger partial charge in [-0.1, -0.05) is 0 Å². The number of nitrogens with one attached hydrogen (secondary N) is 1. The highest BCUT2D eigenvalue weighted by molar-refractivity contribution is 6.50. The lowest BCUT2D eigenvalue weighted by Gasteiger charge is -2.25. The van der Waals surface area contributed by atoms with E-state index >= 15 is 0 Å². The molecule has 0 aliphatic carbocycles. The van der Waals surface area contributed by atoms with Crippen LogP contribution in [0.1, 0.15) is 36.7 Å². The van der Waals surface area contributed by atoms with Crippen molar-refractivity contribution in [3.8, 4) is 29.1 Å². The molecule has 0 bridgehead atoms. The van der Waals surface area contributed by atoms with Gasteiger partial charge in [-0.25, -0.2) is 0 Å². The van der Waals surface area contributed by atoms with Crippen molar-refractivity contribution < 1.29 is 41.9 Å². The van der Waals surface area contributed by atoms with E-state index in [0.29, 0.717) is 11.0 Å². The molecule has 1 amide bonds. The van der Waals surface area contributed by atoms with Gasteiger partial charge in [0.05, 0.1) is 18.8 Å². The molecule has 12 heteroatoms. The molecule has 2 aromatic rings. The monoisotopic (exact) mass is 477 g/mol. The number of phenols is 1. The van der Waals surface area contributed by atoms with Crippen LogP contribution in [0.2, 0.25) is 0 Å². The second-order valence-electron chi connectivity index (χ2n) is 7.98. The van der Waals surface area contributed by atoms with Crippen molar-refractivity contribution in [3.63, 3.8) is 0 Å². The highest BCUT2D eigenvalue weighted by atomic mass is 19.4. The van der Waals surface area contributed by atoms with E-state index in [4.69, 9.17) is 14.1 Å². The summed E-state index contributed by atoms with van der Waals surface area (Å²) in [6.45, 7) is 4.87. The number of hydrogen-bond acceptors (Lipinski definition) is 7. The number of aromatic hydroxyl groups is 1. The van der Waals surface area contributed by atoms with Gasteiger partial charge in [-0.05, 0) is 62.1 Å². The maximum absolute atomic E-state index is 12.6. The molecule has 179 valence electrons. The third kappa shape index (κ3) is 6.05. The topological polar surface area (TPSA) is 110 Å². The van der Waals surface area contributed by atoms with Gasteiger partial charge in [-0.2, -0.15) is 5.26 Å². The van der Waals surface area contributed by atoms with Crippen LogP contribution in [0.4, 0.5) is 13.2 Å². The van der Waals surface area contributed by atoms with E-state index in [1.807, 2.05) is 6.07 Å². The van der Waals surface area contributed by atoms with Crippen LogP contribution in [0.5, 0.6) is 23.0 Å². The third-order valence-corrected chi connectivity index (χ3v) is 4.63. The number of alkyl halides is 3. The van der Waals surface area contributed by atoms with E-state index in [1.54, 1.807) is 13.8 Å². The zero-order valence-corrected chi connectivity index (χ0v) is 18.5. The van der Waals surface area contributed by atoms with Crippen LogP contribution in [0.15, 0.2) is 30.3 Å². The molecule has 1 aliphatic heterocycles. The molecule has 2 N–H and O–H groups in total. The molecule has 1 heterocycles. The number of nitrogens with zero attached hydrogens (tertiary/aromatic N) is 1. The first kappa shape index (κ1) is 25.0. The van der Waals surface area contributed by atoms with Gasteiger partial charge in [0, 0.05) is 5.56 Å². The predicted octanol–water partition coefficient (Wildman–Crippen LogP) is 2.94. The van der Waals surface area contributed by atoms with Gasteiger partial charge in [-0.3, -0.25) is 4.79 Å². The van der Waals surface area contributed by atoms with Crippen LogP contribution < -0.4 is 25.0 Å². The fourth-order valence-electron chi connectivity index (χ4n) is 3.09. The Labute approximate surface area is 194 Å². The minimum Gasteiger partial charge on any atom is -0.504 e. The Morgan fingerprint density at radius 2 is 1.97 bits per heavy atom. The lowest BCUT2D eigenvalue weighted by atomic mass is 9.85. The second-order valence-corrected chi connectivity index (χ2v) is 7.98. The van der Waals surface area contributed by atoms with Gasteiger partial charge in [0.25, 0.3) is 5.91 Å². The predicted molar refractivity (Wildman–Crippen MR) is 114 cm³/mol. The molecule has 1 unspecified atom stereocenters. The largest absolute Gasteiger partial charge is 0.573 e. The lowest BCUT2D eigenvalue weighted by Crippen LogP contribution is -2.49. The second kappa shape index (κ2) is 9.73. The fraction of sp³-hybridized carbons (Fsp3) is 0.364. The molecule has 3 rings (SSSR count). The number of amides is 1. The van der Waals surface area contributed by atoms with Crippen LogP contribution >= 0.6 is 0 Å². The fourth-order valence-corrected chi connectivity index (χ4v) is 3.09. The Kier molecular flexibility index (Phi) is 7.16. The van der Waals surface area contributed by atoms with Crippen molar-refractivity contribution in [1.29, 1.82) is 5.26 Å². The van der Waals surface area contributed by atoms with E-state index in [2.05, 4.69) is 10.1 Å². The summed E-state index contributed by atoms with van der Waals surface area (Å²) in [4.78, 5) is 12.6. The van der Waals surface area contributed by atoms with Crippen LogP contribution in [0.3, 0.4) is 0 Å². The van der Waals surface area contributed by atoms with Crippen LogP contribution in [0, 0.1) is 11.3 Å².